The van der Waals surface area contributed by atoms with Gasteiger partial charge in [0, 0.05) is 19.5 Å². The number of hydrogen-bond donors (Lipinski definition) is 0. The molecule has 1 aromatic carbocycles. The molecule has 0 atom stereocenters. The number of thioether (sulfide) groups is 2. The molecule has 26 heavy (non-hydrogen) atoms. The fourth-order valence-corrected chi connectivity index (χ4v) is 5.59. The summed E-state index contributed by atoms with van der Waals surface area (Å²) in [6, 6.07) is 10.4. The number of hydrogen-bond acceptors (Lipinski definition) is 5. The molecule has 0 radical (unpaired) electrons. The summed E-state index contributed by atoms with van der Waals surface area (Å²) in [5.41, 5.74) is 2.39. The first kappa shape index (κ1) is 17.9. The van der Waals surface area contributed by atoms with Crippen LogP contribution in [0.1, 0.15) is 36.3 Å². The number of carbonyl (C=O) groups excluding carboxylic acids is 1. The van der Waals surface area contributed by atoms with Crippen molar-refractivity contribution in [2.75, 3.05) is 24.6 Å². The number of amides is 1. The molecule has 6 heteroatoms. The van der Waals surface area contributed by atoms with E-state index in [9.17, 15) is 4.79 Å². The number of aromatic nitrogens is 2. The zero-order valence-corrected chi connectivity index (χ0v) is 16.5. The first-order valence-electron chi connectivity index (χ1n) is 9.27. The summed E-state index contributed by atoms with van der Waals surface area (Å²) >= 11 is 3.44. The molecular weight excluding hydrogens is 362 g/mol. The summed E-state index contributed by atoms with van der Waals surface area (Å²) in [5, 5.41) is 0.998. The van der Waals surface area contributed by atoms with E-state index in [2.05, 4.69) is 12.1 Å². The van der Waals surface area contributed by atoms with Crippen LogP contribution in [-0.4, -0.2) is 45.4 Å². The molecule has 1 saturated heterocycles. The Bertz CT molecular complexity index is 776. The van der Waals surface area contributed by atoms with Crippen molar-refractivity contribution < 1.29 is 4.79 Å². The third kappa shape index (κ3) is 4.23. The minimum atomic E-state index is 0.241. The maximum Gasteiger partial charge on any atom is 0.232 e. The van der Waals surface area contributed by atoms with Crippen LogP contribution in [0.15, 0.2) is 40.3 Å². The quantitative estimate of drug-likeness (QED) is 0.578. The predicted molar refractivity (Wildman–Crippen MR) is 107 cm³/mol. The van der Waals surface area contributed by atoms with Crippen molar-refractivity contribution in [3.05, 3.63) is 47.4 Å². The van der Waals surface area contributed by atoms with Crippen molar-refractivity contribution in [2.24, 2.45) is 0 Å². The number of rotatable bonds is 5. The van der Waals surface area contributed by atoms with Crippen molar-refractivity contribution in [3.8, 4) is 0 Å². The Morgan fingerprint density at radius 1 is 1.12 bits per heavy atom. The number of aryl methyl sites for hydroxylation is 1. The lowest BCUT2D eigenvalue weighted by atomic mass is 10.1. The largest absolute Gasteiger partial charge is 0.342 e. The number of nitrogens with zero attached hydrogens (tertiary/aromatic N) is 3. The van der Waals surface area contributed by atoms with Gasteiger partial charge < -0.3 is 4.90 Å². The van der Waals surface area contributed by atoms with E-state index in [4.69, 9.17) is 9.97 Å². The second-order valence-corrected chi connectivity index (χ2v) is 8.78. The zero-order valence-electron chi connectivity index (χ0n) is 14.8. The van der Waals surface area contributed by atoms with Gasteiger partial charge in [0.15, 0.2) is 0 Å². The van der Waals surface area contributed by atoms with E-state index in [0.29, 0.717) is 5.75 Å². The van der Waals surface area contributed by atoms with Crippen LogP contribution in [0.4, 0.5) is 0 Å². The van der Waals surface area contributed by atoms with E-state index < -0.39 is 0 Å². The van der Waals surface area contributed by atoms with Gasteiger partial charge in [0.05, 0.1) is 16.3 Å². The summed E-state index contributed by atoms with van der Waals surface area (Å²) in [5.74, 6) is 2.70. The van der Waals surface area contributed by atoms with Gasteiger partial charge in [-0.05, 0) is 37.0 Å². The van der Waals surface area contributed by atoms with E-state index in [-0.39, 0.29) is 5.91 Å². The van der Waals surface area contributed by atoms with Crippen LogP contribution >= 0.6 is 23.5 Å². The van der Waals surface area contributed by atoms with Gasteiger partial charge in [0.2, 0.25) is 5.91 Å². The molecule has 2 aromatic rings. The number of benzene rings is 1. The van der Waals surface area contributed by atoms with Gasteiger partial charge in [-0.1, -0.05) is 42.1 Å². The molecule has 0 aliphatic carbocycles. The van der Waals surface area contributed by atoms with Crippen molar-refractivity contribution in [1.29, 1.82) is 0 Å². The Morgan fingerprint density at radius 3 is 2.73 bits per heavy atom. The van der Waals surface area contributed by atoms with Gasteiger partial charge in [-0.25, -0.2) is 9.97 Å². The molecular formula is C20H23N3OS2. The Labute approximate surface area is 163 Å². The lowest BCUT2D eigenvalue weighted by molar-refractivity contribution is -0.127. The van der Waals surface area contributed by atoms with E-state index in [0.717, 1.165) is 61.8 Å². The molecule has 4 nitrogen and oxygen atoms in total. The SMILES string of the molecule is O=C(CSc1nc(Cc2ccccc2)nc2c1SCCC2)N1CCCC1. The first-order chi connectivity index (χ1) is 12.8. The maximum absolute atomic E-state index is 12.4. The van der Waals surface area contributed by atoms with E-state index in [1.807, 2.05) is 34.9 Å². The van der Waals surface area contributed by atoms with Crippen molar-refractivity contribution in [1.82, 2.24) is 14.9 Å². The highest BCUT2D eigenvalue weighted by molar-refractivity contribution is 8.02. The zero-order chi connectivity index (χ0) is 17.8. The van der Waals surface area contributed by atoms with Gasteiger partial charge in [-0.15, -0.1) is 11.8 Å². The molecule has 136 valence electrons. The Hall–Kier alpha value is -1.53. The van der Waals surface area contributed by atoms with Crippen molar-refractivity contribution in [2.45, 2.75) is 42.0 Å². The summed E-state index contributed by atoms with van der Waals surface area (Å²) in [7, 11) is 0. The van der Waals surface area contributed by atoms with Crippen LogP contribution in [0.2, 0.25) is 0 Å². The Kier molecular flexibility index (Phi) is 5.80. The fraction of sp³-hybridized carbons (Fsp3) is 0.450. The molecule has 0 N–H and O–H groups in total. The predicted octanol–water partition coefficient (Wildman–Crippen LogP) is 3.82. The number of carbonyl (C=O) groups is 1. The second kappa shape index (κ2) is 8.44. The van der Waals surface area contributed by atoms with Crippen LogP contribution < -0.4 is 0 Å². The Balaban J connectivity index is 1.53. The molecule has 2 aliphatic heterocycles. The van der Waals surface area contributed by atoms with Gasteiger partial charge in [0.25, 0.3) is 0 Å². The van der Waals surface area contributed by atoms with Crippen LogP contribution in [-0.2, 0) is 17.6 Å². The summed E-state index contributed by atoms with van der Waals surface area (Å²) < 4.78 is 0. The summed E-state index contributed by atoms with van der Waals surface area (Å²) in [6.45, 7) is 1.82. The van der Waals surface area contributed by atoms with Crippen LogP contribution in [0.5, 0.6) is 0 Å². The monoisotopic (exact) mass is 385 g/mol. The minimum Gasteiger partial charge on any atom is -0.342 e. The molecule has 4 rings (SSSR count). The highest BCUT2D eigenvalue weighted by atomic mass is 32.2. The highest BCUT2D eigenvalue weighted by Crippen LogP contribution is 2.36. The van der Waals surface area contributed by atoms with E-state index in [1.54, 1.807) is 11.8 Å². The average Bonchev–Trinajstić information content (AvgIpc) is 3.21. The summed E-state index contributed by atoms with van der Waals surface area (Å²) in [4.78, 5) is 25.3. The minimum absolute atomic E-state index is 0.241. The molecule has 1 amide bonds. The van der Waals surface area contributed by atoms with Crippen molar-refractivity contribution >= 4 is 29.4 Å². The first-order valence-corrected chi connectivity index (χ1v) is 11.2. The van der Waals surface area contributed by atoms with Crippen LogP contribution in [0.3, 0.4) is 0 Å². The van der Waals surface area contributed by atoms with Crippen molar-refractivity contribution in [3.63, 3.8) is 0 Å². The molecule has 2 aliphatic rings. The lowest BCUT2D eigenvalue weighted by Crippen LogP contribution is -2.29. The molecule has 0 spiro atoms. The molecule has 1 aromatic heterocycles. The average molecular weight is 386 g/mol. The number of fused-ring (bicyclic) bond motifs is 1. The topological polar surface area (TPSA) is 46.1 Å². The molecule has 1 fully saturated rings. The van der Waals surface area contributed by atoms with E-state index in [1.165, 1.54) is 16.2 Å². The maximum atomic E-state index is 12.4. The second-order valence-electron chi connectivity index (χ2n) is 6.71. The molecule has 3 heterocycles. The fourth-order valence-electron chi connectivity index (χ4n) is 3.39. The van der Waals surface area contributed by atoms with Gasteiger partial charge in [-0.2, -0.15) is 0 Å². The Morgan fingerprint density at radius 2 is 1.92 bits per heavy atom. The van der Waals surface area contributed by atoms with Crippen LogP contribution in [0.25, 0.3) is 0 Å². The number of likely N-dealkylation sites (tertiary alicyclic amines) is 1. The lowest BCUT2D eigenvalue weighted by Gasteiger charge is -2.19. The van der Waals surface area contributed by atoms with Crippen LogP contribution in [0, 0.1) is 0 Å². The molecule has 0 saturated carbocycles. The van der Waals surface area contributed by atoms with Gasteiger partial charge >= 0.3 is 0 Å². The third-order valence-corrected chi connectivity index (χ3v) is 7.05. The molecule has 0 bridgehead atoms. The standard InChI is InChI=1S/C20H23N3OS2/c24-18(23-10-4-5-11-23)14-26-20-19-16(9-6-12-25-19)21-17(22-20)13-15-7-2-1-3-8-15/h1-3,7-8H,4-6,9-14H2. The normalized spacial score (nSPS) is 16.5. The van der Waals surface area contributed by atoms with Gasteiger partial charge in [-0.3, -0.25) is 4.79 Å². The third-order valence-electron chi connectivity index (χ3n) is 4.75. The highest BCUT2D eigenvalue weighted by Gasteiger charge is 2.22. The summed E-state index contributed by atoms with van der Waals surface area (Å²) in [6.07, 6.45) is 5.19. The molecule has 0 unspecified atom stereocenters. The van der Waals surface area contributed by atoms with E-state index >= 15 is 0 Å². The smallest absolute Gasteiger partial charge is 0.232 e. The van der Waals surface area contributed by atoms with Gasteiger partial charge in [0.1, 0.15) is 10.9 Å².